The van der Waals surface area contributed by atoms with Gasteiger partial charge in [0.1, 0.15) is 4.88 Å². The van der Waals surface area contributed by atoms with E-state index in [1.165, 1.54) is 41.8 Å². The molecule has 0 atom stereocenters. The van der Waals surface area contributed by atoms with E-state index < -0.39 is 10.9 Å². The molecule has 0 aliphatic heterocycles. The van der Waals surface area contributed by atoms with Crippen LogP contribution in [0.1, 0.15) is 15.2 Å². The first-order valence-corrected chi connectivity index (χ1v) is 6.07. The Kier molecular flexibility index (Phi) is 3.99. The first-order chi connectivity index (χ1) is 9.16. The third kappa shape index (κ3) is 3.46. The maximum atomic E-state index is 11.4. The van der Waals surface area contributed by atoms with Crippen molar-refractivity contribution in [3.63, 3.8) is 0 Å². The second kappa shape index (κ2) is 5.87. The van der Waals surface area contributed by atoms with Gasteiger partial charge in [0.05, 0.1) is 11.1 Å². The van der Waals surface area contributed by atoms with Crippen LogP contribution >= 0.6 is 11.3 Å². The van der Waals surface area contributed by atoms with Gasteiger partial charge in [-0.25, -0.2) is 4.79 Å². The number of hydrogen-bond acceptors (Lipinski definition) is 6. The largest absolute Gasteiger partial charge is 0.375 e. The summed E-state index contributed by atoms with van der Waals surface area (Å²) in [6.07, 6.45) is 1.31. The van der Waals surface area contributed by atoms with Crippen molar-refractivity contribution in [3.05, 3.63) is 62.3 Å². The van der Waals surface area contributed by atoms with E-state index in [1.807, 2.05) is 0 Å². The third-order valence-corrected chi connectivity index (χ3v) is 3.01. The van der Waals surface area contributed by atoms with Crippen LogP contribution in [0.3, 0.4) is 0 Å². The predicted octanol–water partition coefficient (Wildman–Crippen LogP) is 2.85. The second-order valence-electron chi connectivity index (χ2n) is 3.44. The Labute approximate surface area is 112 Å². The lowest BCUT2D eigenvalue weighted by atomic mass is 10.2. The topological polar surface area (TPSA) is 81.8 Å². The Balaban J connectivity index is 1.95. The summed E-state index contributed by atoms with van der Waals surface area (Å²) in [7, 11) is 0. The lowest BCUT2D eigenvalue weighted by molar-refractivity contribution is -0.384. The van der Waals surface area contributed by atoms with Gasteiger partial charge in [-0.05, 0) is 29.1 Å². The zero-order chi connectivity index (χ0) is 13.7. The molecule has 0 radical (unpaired) electrons. The van der Waals surface area contributed by atoms with Gasteiger partial charge in [0.15, 0.2) is 0 Å². The van der Waals surface area contributed by atoms with Crippen molar-refractivity contribution in [2.45, 2.75) is 0 Å². The number of benzene rings is 1. The summed E-state index contributed by atoms with van der Waals surface area (Å²) in [4.78, 5) is 26.5. The van der Waals surface area contributed by atoms with Crippen molar-refractivity contribution in [1.29, 1.82) is 0 Å². The summed E-state index contributed by atoms with van der Waals surface area (Å²) < 4.78 is 0. The molecule has 0 N–H and O–H groups in total. The van der Waals surface area contributed by atoms with Crippen LogP contribution in [0.15, 0.2) is 46.9 Å². The molecule has 0 fully saturated rings. The van der Waals surface area contributed by atoms with Crippen molar-refractivity contribution in [3.8, 4) is 0 Å². The van der Waals surface area contributed by atoms with Crippen molar-refractivity contribution in [2.24, 2.45) is 5.16 Å². The third-order valence-electron chi connectivity index (χ3n) is 2.16. The minimum absolute atomic E-state index is 0.00673. The Morgan fingerprint density at radius 3 is 2.63 bits per heavy atom. The lowest BCUT2D eigenvalue weighted by Crippen LogP contribution is -1.97. The zero-order valence-electron chi connectivity index (χ0n) is 9.55. The molecule has 0 saturated carbocycles. The molecule has 0 bridgehead atoms. The molecule has 96 valence electrons. The Morgan fingerprint density at radius 1 is 1.32 bits per heavy atom. The number of nitro benzene ring substituents is 1. The van der Waals surface area contributed by atoms with Crippen LogP contribution in [0.25, 0.3) is 0 Å². The normalized spacial score (nSPS) is 10.5. The van der Waals surface area contributed by atoms with Gasteiger partial charge in [-0.3, -0.25) is 10.1 Å². The molecule has 6 nitrogen and oxygen atoms in total. The SMILES string of the molecule is O=C(O/N=C\c1ccc([N+](=O)[O-])cc1)c1cccs1. The number of nitrogens with zero attached hydrogens (tertiary/aromatic N) is 2. The van der Waals surface area contributed by atoms with Crippen molar-refractivity contribution >= 4 is 29.2 Å². The molecular weight excluding hydrogens is 268 g/mol. The highest BCUT2D eigenvalue weighted by atomic mass is 32.1. The number of carbonyl (C=O) groups is 1. The first kappa shape index (κ1) is 12.9. The fraction of sp³-hybridized carbons (Fsp3) is 0. The van der Waals surface area contributed by atoms with E-state index in [0.717, 1.165) is 0 Å². The molecule has 0 aliphatic rings. The van der Waals surface area contributed by atoms with Gasteiger partial charge >= 0.3 is 5.97 Å². The minimum atomic E-state index is -0.534. The highest BCUT2D eigenvalue weighted by Gasteiger charge is 2.07. The van der Waals surface area contributed by atoms with Gasteiger partial charge in [-0.1, -0.05) is 11.2 Å². The molecule has 0 spiro atoms. The quantitative estimate of drug-likeness (QED) is 0.372. The van der Waals surface area contributed by atoms with Gasteiger partial charge < -0.3 is 4.84 Å². The number of thiophene rings is 1. The number of rotatable bonds is 4. The van der Waals surface area contributed by atoms with Crippen LogP contribution in [0.5, 0.6) is 0 Å². The average molecular weight is 276 g/mol. The van der Waals surface area contributed by atoms with E-state index in [0.29, 0.717) is 10.4 Å². The predicted molar refractivity (Wildman–Crippen MR) is 70.4 cm³/mol. The Morgan fingerprint density at radius 2 is 2.05 bits per heavy atom. The molecule has 0 saturated heterocycles. The molecule has 7 heteroatoms. The van der Waals surface area contributed by atoms with E-state index >= 15 is 0 Å². The fourth-order valence-corrected chi connectivity index (χ4v) is 1.85. The van der Waals surface area contributed by atoms with Crippen LogP contribution < -0.4 is 0 Å². The fourth-order valence-electron chi connectivity index (χ4n) is 1.26. The summed E-state index contributed by atoms with van der Waals surface area (Å²) in [5.41, 5.74) is 0.595. The summed E-state index contributed by atoms with van der Waals surface area (Å²) in [6.45, 7) is 0. The van der Waals surface area contributed by atoms with Crippen LogP contribution in [0.4, 0.5) is 5.69 Å². The monoisotopic (exact) mass is 276 g/mol. The number of hydrogen-bond donors (Lipinski definition) is 0. The Hall–Kier alpha value is -2.54. The van der Waals surface area contributed by atoms with Crippen molar-refractivity contribution in [1.82, 2.24) is 0 Å². The zero-order valence-corrected chi connectivity index (χ0v) is 10.4. The van der Waals surface area contributed by atoms with Gasteiger partial charge in [0, 0.05) is 12.1 Å². The molecule has 0 unspecified atom stereocenters. The molecule has 2 rings (SSSR count). The van der Waals surface area contributed by atoms with E-state index in [4.69, 9.17) is 0 Å². The summed E-state index contributed by atoms with van der Waals surface area (Å²) >= 11 is 1.26. The number of oxime groups is 1. The second-order valence-corrected chi connectivity index (χ2v) is 4.39. The summed E-state index contributed by atoms with van der Waals surface area (Å²) in [6, 6.07) is 9.10. The number of non-ortho nitro benzene ring substituents is 1. The van der Waals surface area contributed by atoms with E-state index in [-0.39, 0.29) is 5.69 Å². The van der Waals surface area contributed by atoms with Gasteiger partial charge in [0.2, 0.25) is 0 Å². The van der Waals surface area contributed by atoms with Crippen LogP contribution in [0, 0.1) is 10.1 Å². The lowest BCUT2D eigenvalue weighted by Gasteiger charge is -1.94. The van der Waals surface area contributed by atoms with Crippen LogP contribution in [-0.4, -0.2) is 17.1 Å². The molecule has 1 aromatic carbocycles. The van der Waals surface area contributed by atoms with Gasteiger partial charge in [0.25, 0.3) is 5.69 Å². The maximum absolute atomic E-state index is 11.4. The van der Waals surface area contributed by atoms with Crippen LogP contribution in [-0.2, 0) is 4.84 Å². The van der Waals surface area contributed by atoms with E-state index in [1.54, 1.807) is 17.5 Å². The van der Waals surface area contributed by atoms with Gasteiger partial charge in [-0.15, -0.1) is 11.3 Å². The minimum Gasteiger partial charge on any atom is -0.312 e. The molecule has 2 aromatic rings. The van der Waals surface area contributed by atoms with E-state index in [9.17, 15) is 14.9 Å². The maximum Gasteiger partial charge on any atom is 0.375 e. The van der Waals surface area contributed by atoms with Gasteiger partial charge in [-0.2, -0.15) is 0 Å². The molecule has 1 aromatic heterocycles. The molecule has 0 amide bonds. The Bertz CT molecular complexity index is 605. The van der Waals surface area contributed by atoms with E-state index in [2.05, 4.69) is 9.99 Å². The molecule has 0 aliphatic carbocycles. The van der Waals surface area contributed by atoms with Crippen molar-refractivity contribution in [2.75, 3.05) is 0 Å². The molecule has 1 heterocycles. The highest BCUT2D eigenvalue weighted by Crippen LogP contribution is 2.11. The summed E-state index contributed by atoms with van der Waals surface area (Å²) in [5.74, 6) is -0.534. The highest BCUT2D eigenvalue weighted by molar-refractivity contribution is 7.11. The van der Waals surface area contributed by atoms with Crippen LogP contribution in [0.2, 0.25) is 0 Å². The summed E-state index contributed by atoms with van der Waals surface area (Å²) in [5, 5.41) is 15.7. The smallest absolute Gasteiger partial charge is 0.312 e. The van der Waals surface area contributed by atoms with Crippen molar-refractivity contribution < 1.29 is 14.6 Å². The molecule has 19 heavy (non-hydrogen) atoms. The average Bonchev–Trinajstić information content (AvgIpc) is 2.93. The first-order valence-electron chi connectivity index (χ1n) is 5.19. The standard InChI is InChI=1S/C12H8N2O4S/c15-12(11-2-1-7-19-11)18-13-8-9-3-5-10(6-4-9)14(16)17/h1-8H/b13-8-. The number of nitro groups is 1. The molecular formula is C12H8N2O4S. The number of carbonyl (C=O) groups excluding carboxylic acids is 1.